The maximum Gasteiger partial charge on any atom is 0.136 e. The van der Waals surface area contributed by atoms with E-state index in [0.29, 0.717) is 29.8 Å². The fraction of sp³-hybridized carbons (Fsp3) is 0.909. The average Bonchev–Trinajstić information content (AvgIpc) is 2.70. The van der Waals surface area contributed by atoms with Crippen molar-refractivity contribution >= 4 is 5.78 Å². The first-order valence-corrected chi connectivity index (χ1v) is 5.45. The van der Waals surface area contributed by atoms with Crippen molar-refractivity contribution in [3.05, 3.63) is 0 Å². The Morgan fingerprint density at radius 1 is 1.23 bits per heavy atom. The molecule has 2 heteroatoms. The SMILES string of the molecule is CC1C(=O)CCC2C3CCC(O3)C12. The molecular weight excluding hydrogens is 164 g/mol. The third-order valence-corrected chi connectivity index (χ3v) is 4.30. The van der Waals surface area contributed by atoms with Gasteiger partial charge in [-0.15, -0.1) is 0 Å². The van der Waals surface area contributed by atoms with E-state index < -0.39 is 0 Å². The van der Waals surface area contributed by atoms with Crippen molar-refractivity contribution in [2.24, 2.45) is 17.8 Å². The first-order chi connectivity index (χ1) is 6.27. The van der Waals surface area contributed by atoms with Crippen molar-refractivity contribution in [1.29, 1.82) is 0 Å². The highest BCUT2D eigenvalue weighted by Crippen LogP contribution is 2.51. The van der Waals surface area contributed by atoms with Crippen LogP contribution in [-0.2, 0) is 9.53 Å². The molecule has 0 aromatic carbocycles. The number of fused-ring (bicyclic) bond motifs is 5. The topological polar surface area (TPSA) is 26.3 Å². The summed E-state index contributed by atoms with van der Waals surface area (Å²) in [7, 11) is 0. The van der Waals surface area contributed by atoms with Gasteiger partial charge in [-0.05, 0) is 31.1 Å². The number of carbonyl (C=O) groups excluding carboxylic acids is 1. The van der Waals surface area contributed by atoms with E-state index in [-0.39, 0.29) is 5.92 Å². The highest BCUT2D eigenvalue weighted by atomic mass is 16.5. The summed E-state index contributed by atoms with van der Waals surface area (Å²) >= 11 is 0. The second kappa shape index (κ2) is 2.57. The number of rotatable bonds is 0. The van der Waals surface area contributed by atoms with Crippen LogP contribution >= 0.6 is 0 Å². The normalized spacial score (nSPS) is 53.9. The van der Waals surface area contributed by atoms with Gasteiger partial charge in [-0.3, -0.25) is 4.79 Å². The van der Waals surface area contributed by atoms with Crippen molar-refractivity contribution in [3.63, 3.8) is 0 Å². The van der Waals surface area contributed by atoms with Gasteiger partial charge in [-0.2, -0.15) is 0 Å². The molecule has 2 bridgehead atoms. The number of Topliss-reactive ketones (excluding diaryl/α,β-unsaturated/α-hetero) is 1. The summed E-state index contributed by atoms with van der Waals surface area (Å²) in [6.07, 6.45) is 5.26. The third kappa shape index (κ3) is 0.954. The molecule has 1 saturated carbocycles. The van der Waals surface area contributed by atoms with E-state index in [1.165, 1.54) is 12.8 Å². The second-order valence-corrected chi connectivity index (χ2v) is 4.83. The van der Waals surface area contributed by atoms with Gasteiger partial charge in [0.05, 0.1) is 12.2 Å². The van der Waals surface area contributed by atoms with Gasteiger partial charge in [0, 0.05) is 12.3 Å². The van der Waals surface area contributed by atoms with Crippen molar-refractivity contribution < 1.29 is 9.53 Å². The van der Waals surface area contributed by atoms with Gasteiger partial charge in [0.25, 0.3) is 0 Å². The van der Waals surface area contributed by atoms with Gasteiger partial charge >= 0.3 is 0 Å². The summed E-state index contributed by atoms with van der Waals surface area (Å²) in [5.41, 5.74) is 0. The molecule has 3 aliphatic rings. The lowest BCUT2D eigenvalue weighted by Crippen LogP contribution is -2.39. The molecule has 2 aliphatic heterocycles. The van der Waals surface area contributed by atoms with Gasteiger partial charge in [0.2, 0.25) is 0 Å². The minimum Gasteiger partial charge on any atom is -0.374 e. The highest BCUT2D eigenvalue weighted by molar-refractivity contribution is 5.82. The van der Waals surface area contributed by atoms with Crippen LogP contribution in [-0.4, -0.2) is 18.0 Å². The Morgan fingerprint density at radius 2 is 2.00 bits per heavy atom. The minimum absolute atomic E-state index is 0.272. The second-order valence-electron chi connectivity index (χ2n) is 4.83. The fourth-order valence-corrected chi connectivity index (χ4v) is 3.63. The van der Waals surface area contributed by atoms with E-state index in [9.17, 15) is 4.79 Å². The highest BCUT2D eigenvalue weighted by Gasteiger charge is 2.53. The molecule has 2 nitrogen and oxygen atoms in total. The summed E-state index contributed by atoms with van der Waals surface area (Å²) in [6.45, 7) is 2.10. The number of hydrogen-bond donors (Lipinski definition) is 0. The summed E-state index contributed by atoms with van der Waals surface area (Å²) in [5.74, 6) is 2.03. The quantitative estimate of drug-likeness (QED) is 0.568. The molecule has 5 atom stereocenters. The Morgan fingerprint density at radius 3 is 2.85 bits per heavy atom. The summed E-state index contributed by atoms with van der Waals surface area (Å²) in [4.78, 5) is 11.6. The first-order valence-electron chi connectivity index (χ1n) is 5.45. The summed E-state index contributed by atoms with van der Waals surface area (Å²) < 4.78 is 5.89. The lowest BCUT2D eigenvalue weighted by Gasteiger charge is -2.35. The van der Waals surface area contributed by atoms with Crippen LogP contribution in [0.2, 0.25) is 0 Å². The van der Waals surface area contributed by atoms with Crippen LogP contribution in [0.1, 0.15) is 32.6 Å². The van der Waals surface area contributed by atoms with Crippen LogP contribution in [0.25, 0.3) is 0 Å². The van der Waals surface area contributed by atoms with E-state index in [2.05, 4.69) is 6.92 Å². The first kappa shape index (κ1) is 7.98. The number of hydrogen-bond acceptors (Lipinski definition) is 2. The van der Waals surface area contributed by atoms with E-state index in [1.54, 1.807) is 0 Å². The van der Waals surface area contributed by atoms with Crippen LogP contribution in [0, 0.1) is 17.8 Å². The predicted octanol–water partition coefficient (Wildman–Crippen LogP) is 1.78. The Bertz CT molecular complexity index is 248. The van der Waals surface area contributed by atoms with Gasteiger partial charge in [-0.1, -0.05) is 6.92 Å². The lowest BCUT2D eigenvalue weighted by atomic mass is 9.66. The Kier molecular flexibility index (Phi) is 1.58. The van der Waals surface area contributed by atoms with Crippen LogP contribution in [0.15, 0.2) is 0 Å². The molecule has 2 heterocycles. The van der Waals surface area contributed by atoms with Gasteiger partial charge in [-0.25, -0.2) is 0 Å². The molecule has 0 spiro atoms. The van der Waals surface area contributed by atoms with Crippen molar-refractivity contribution in [2.75, 3.05) is 0 Å². The van der Waals surface area contributed by atoms with Crippen LogP contribution in [0.3, 0.4) is 0 Å². The van der Waals surface area contributed by atoms with E-state index in [4.69, 9.17) is 4.74 Å². The molecule has 3 fully saturated rings. The zero-order chi connectivity index (χ0) is 9.00. The number of carbonyl (C=O) groups is 1. The van der Waals surface area contributed by atoms with E-state index >= 15 is 0 Å². The largest absolute Gasteiger partial charge is 0.374 e. The molecule has 0 aromatic rings. The molecule has 3 rings (SSSR count). The van der Waals surface area contributed by atoms with E-state index in [0.717, 1.165) is 12.8 Å². The zero-order valence-corrected chi connectivity index (χ0v) is 8.03. The van der Waals surface area contributed by atoms with Crippen molar-refractivity contribution in [3.8, 4) is 0 Å². The number of ketones is 1. The molecular formula is C11H16O2. The Labute approximate surface area is 78.6 Å². The summed E-state index contributed by atoms with van der Waals surface area (Å²) in [5, 5.41) is 0. The molecule has 0 amide bonds. The standard InChI is InChI=1S/C11H16O2/c1-6-8(12)3-2-7-9-4-5-10(13-9)11(6)7/h6-7,9-11H,2-5H2,1H3. The van der Waals surface area contributed by atoms with E-state index in [1.807, 2.05) is 0 Å². The molecule has 0 aromatic heterocycles. The molecule has 13 heavy (non-hydrogen) atoms. The van der Waals surface area contributed by atoms with Crippen molar-refractivity contribution in [2.45, 2.75) is 44.8 Å². The molecule has 5 unspecified atom stereocenters. The van der Waals surface area contributed by atoms with Gasteiger partial charge < -0.3 is 4.74 Å². The monoisotopic (exact) mass is 180 g/mol. The van der Waals surface area contributed by atoms with Crippen LogP contribution in [0.5, 0.6) is 0 Å². The van der Waals surface area contributed by atoms with Crippen molar-refractivity contribution in [1.82, 2.24) is 0 Å². The Hall–Kier alpha value is -0.370. The summed E-state index contributed by atoms with van der Waals surface area (Å²) in [6, 6.07) is 0. The third-order valence-electron chi connectivity index (χ3n) is 4.30. The minimum atomic E-state index is 0.272. The predicted molar refractivity (Wildman–Crippen MR) is 48.3 cm³/mol. The van der Waals surface area contributed by atoms with Gasteiger partial charge in [0.15, 0.2) is 0 Å². The van der Waals surface area contributed by atoms with Crippen LogP contribution < -0.4 is 0 Å². The fourth-order valence-electron chi connectivity index (χ4n) is 3.63. The van der Waals surface area contributed by atoms with Gasteiger partial charge in [0.1, 0.15) is 5.78 Å². The molecule has 72 valence electrons. The zero-order valence-electron chi connectivity index (χ0n) is 8.03. The molecule has 0 radical (unpaired) electrons. The maximum absolute atomic E-state index is 11.6. The average molecular weight is 180 g/mol. The Balaban J connectivity index is 1.90. The molecule has 1 aliphatic carbocycles. The smallest absolute Gasteiger partial charge is 0.136 e. The molecule has 2 saturated heterocycles. The van der Waals surface area contributed by atoms with Crippen LogP contribution in [0.4, 0.5) is 0 Å². The lowest BCUT2D eigenvalue weighted by molar-refractivity contribution is -0.128. The number of ether oxygens (including phenoxy) is 1. The molecule has 0 N–H and O–H groups in total. The maximum atomic E-state index is 11.6.